The van der Waals surface area contributed by atoms with Crippen molar-refractivity contribution in [2.75, 3.05) is 0 Å². The lowest BCUT2D eigenvalue weighted by atomic mass is 9.90. The van der Waals surface area contributed by atoms with Crippen molar-refractivity contribution in [1.29, 1.82) is 0 Å². The van der Waals surface area contributed by atoms with E-state index in [0.29, 0.717) is 0 Å². The van der Waals surface area contributed by atoms with Gasteiger partial charge in [-0.1, -0.05) is 154 Å². The highest BCUT2D eigenvalue weighted by molar-refractivity contribution is 5.82. The van der Waals surface area contributed by atoms with Crippen molar-refractivity contribution in [3.8, 4) is 0 Å². The summed E-state index contributed by atoms with van der Waals surface area (Å²) >= 11 is 0. The van der Waals surface area contributed by atoms with Gasteiger partial charge >= 0.3 is 0 Å². The van der Waals surface area contributed by atoms with Gasteiger partial charge in [-0.25, -0.2) is 4.70 Å². The molecule has 0 amide bonds. The molecule has 1 aliphatic heterocycles. The number of unbranched alkanes of at least 4 members (excludes halogenated alkanes) is 16. The number of hydrogen-bond acceptors (Lipinski definition) is 0. The maximum absolute atomic E-state index is 12.3. The Labute approximate surface area is 297 Å². The van der Waals surface area contributed by atoms with Crippen molar-refractivity contribution in [2.24, 2.45) is 0 Å². The molecule has 0 aromatic heterocycles. The van der Waals surface area contributed by atoms with Gasteiger partial charge in [0.1, 0.15) is 0 Å². The summed E-state index contributed by atoms with van der Waals surface area (Å²) in [7, 11) is 0. The first kappa shape index (κ1) is 40.0. The second kappa shape index (κ2) is 23.0. The van der Waals surface area contributed by atoms with Crippen LogP contribution in [-0.2, 0) is 12.8 Å². The fourth-order valence-electron chi connectivity index (χ4n) is 7.73. The summed E-state index contributed by atoms with van der Waals surface area (Å²) < 4.78 is 1.63. The van der Waals surface area contributed by atoms with E-state index in [-0.39, 0.29) is 0 Å². The molecule has 0 saturated heterocycles. The molecule has 1 aliphatic rings. The molecule has 0 fully saturated rings. The SMILES string of the molecule is CCCCCCCCC1=C(c2cc(C)cc(CCCCCCCC)c2)[N+](=[N-])C(c2cc(C)cc(CCCCCCCC)c2)=C1CCCC. The van der Waals surface area contributed by atoms with Crippen LogP contribution in [0.3, 0.4) is 0 Å². The van der Waals surface area contributed by atoms with Gasteiger partial charge in [-0.15, -0.1) is 0 Å². The van der Waals surface area contributed by atoms with Crippen LogP contribution in [0.4, 0.5) is 0 Å². The fraction of sp³-hybridized carbons (Fsp3) is 0.652. The summed E-state index contributed by atoms with van der Waals surface area (Å²) in [4.78, 5) is 0. The predicted octanol–water partition coefficient (Wildman–Crippen LogP) is 15.2. The summed E-state index contributed by atoms with van der Waals surface area (Å²) in [6.07, 6.45) is 30.2. The van der Waals surface area contributed by atoms with Gasteiger partial charge in [0.15, 0.2) is 0 Å². The van der Waals surface area contributed by atoms with E-state index >= 15 is 0 Å². The number of rotatable bonds is 26. The molecule has 0 atom stereocenters. The summed E-state index contributed by atoms with van der Waals surface area (Å²) in [6, 6.07) is 14.2. The maximum Gasteiger partial charge on any atom is 0.211 e. The Bertz CT molecular complexity index is 1310. The molecule has 0 N–H and O–H groups in total. The zero-order valence-corrected chi connectivity index (χ0v) is 32.3. The topological polar surface area (TPSA) is 25.3 Å². The number of hydrogen-bond donors (Lipinski definition) is 0. The van der Waals surface area contributed by atoms with Crippen LogP contribution in [-0.4, -0.2) is 4.70 Å². The van der Waals surface area contributed by atoms with E-state index in [4.69, 9.17) is 0 Å². The van der Waals surface area contributed by atoms with Crippen molar-refractivity contribution < 1.29 is 4.70 Å². The fourth-order valence-corrected chi connectivity index (χ4v) is 7.73. The molecule has 0 aliphatic carbocycles. The van der Waals surface area contributed by atoms with Crippen LogP contribution in [0.25, 0.3) is 16.9 Å². The molecule has 2 aromatic rings. The van der Waals surface area contributed by atoms with Crippen molar-refractivity contribution in [3.63, 3.8) is 0 Å². The Morgan fingerprint density at radius 2 is 0.729 bits per heavy atom. The highest BCUT2D eigenvalue weighted by Crippen LogP contribution is 2.45. The molecule has 0 radical (unpaired) electrons. The van der Waals surface area contributed by atoms with Gasteiger partial charge in [0, 0.05) is 22.3 Å². The minimum atomic E-state index is 1.02. The predicted molar refractivity (Wildman–Crippen MR) is 211 cm³/mol. The molecule has 0 bridgehead atoms. The van der Waals surface area contributed by atoms with Crippen LogP contribution in [0, 0.1) is 13.8 Å². The monoisotopic (exact) mass is 653 g/mol. The zero-order valence-electron chi connectivity index (χ0n) is 32.3. The Morgan fingerprint density at radius 1 is 0.396 bits per heavy atom. The Morgan fingerprint density at radius 3 is 1.12 bits per heavy atom. The van der Waals surface area contributed by atoms with Crippen LogP contribution in [0.1, 0.15) is 202 Å². The summed E-state index contributed by atoms with van der Waals surface area (Å²) in [5, 5.41) is 0. The molecule has 3 rings (SSSR count). The van der Waals surface area contributed by atoms with Gasteiger partial charge in [0.25, 0.3) is 0 Å². The van der Waals surface area contributed by atoms with Crippen molar-refractivity contribution in [1.82, 2.24) is 0 Å². The Balaban J connectivity index is 1.97. The van der Waals surface area contributed by atoms with Crippen LogP contribution in [0.15, 0.2) is 47.5 Å². The first-order valence-electron chi connectivity index (χ1n) is 20.6. The summed E-state index contributed by atoms with van der Waals surface area (Å²) in [5.74, 6) is 0. The number of nitrogens with zero attached hydrogens (tertiary/aromatic N) is 2. The smallest absolute Gasteiger partial charge is 0.211 e. The van der Waals surface area contributed by atoms with Gasteiger partial charge in [0.05, 0.1) is 0 Å². The minimum absolute atomic E-state index is 1.02. The molecular formula is C46H72N2. The van der Waals surface area contributed by atoms with Crippen LogP contribution in [0.5, 0.6) is 0 Å². The minimum Gasteiger partial charge on any atom is -0.493 e. The molecule has 2 heteroatoms. The van der Waals surface area contributed by atoms with E-state index in [0.717, 1.165) is 49.9 Å². The first-order chi connectivity index (χ1) is 23.4. The molecule has 2 aromatic carbocycles. The van der Waals surface area contributed by atoms with Crippen molar-refractivity contribution in [2.45, 2.75) is 196 Å². The normalized spacial score (nSPS) is 13.4. The van der Waals surface area contributed by atoms with Gasteiger partial charge < -0.3 is 5.53 Å². The Kier molecular flexibility index (Phi) is 19.2. The lowest BCUT2D eigenvalue weighted by Gasteiger charge is -2.13. The maximum atomic E-state index is 12.3. The largest absolute Gasteiger partial charge is 0.493 e. The molecular weight excluding hydrogens is 581 g/mol. The van der Waals surface area contributed by atoms with E-state index in [1.54, 1.807) is 4.70 Å². The average molecular weight is 653 g/mol. The second-order valence-electron chi connectivity index (χ2n) is 15.0. The zero-order chi connectivity index (χ0) is 34.6. The standard InChI is InChI=1S/C46H72N2/c1-7-11-15-18-21-24-27-39-31-37(5)33-41(35-39)45-43(29-14-10-4)44(30-26-23-20-17-13-9-3)46(48(45)47)42-34-38(6)32-40(36-42)28-25-22-19-16-12-8-2/h31-36H,7-30H2,1-6H3. The molecule has 2 nitrogen and oxygen atoms in total. The molecule has 0 saturated carbocycles. The lowest BCUT2D eigenvalue weighted by Crippen LogP contribution is -2.04. The van der Waals surface area contributed by atoms with E-state index in [1.165, 1.54) is 160 Å². The molecule has 266 valence electrons. The van der Waals surface area contributed by atoms with Gasteiger partial charge in [0.2, 0.25) is 11.4 Å². The van der Waals surface area contributed by atoms with E-state index in [1.807, 2.05) is 0 Å². The Hall–Kier alpha value is -2.48. The second-order valence-corrected chi connectivity index (χ2v) is 15.0. The van der Waals surface area contributed by atoms with Crippen molar-refractivity contribution in [3.05, 3.63) is 86.5 Å². The highest BCUT2D eigenvalue weighted by Gasteiger charge is 2.35. The number of aryl methyl sites for hydroxylation is 4. The van der Waals surface area contributed by atoms with Crippen LogP contribution < -0.4 is 0 Å². The third-order valence-corrected chi connectivity index (χ3v) is 10.4. The molecule has 48 heavy (non-hydrogen) atoms. The van der Waals surface area contributed by atoms with E-state index < -0.39 is 0 Å². The van der Waals surface area contributed by atoms with Gasteiger partial charge in [-0.05, 0) is 101 Å². The molecule has 0 unspecified atom stereocenters. The lowest BCUT2D eigenvalue weighted by molar-refractivity contribution is -0.345. The van der Waals surface area contributed by atoms with Crippen LogP contribution >= 0.6 is 0 Å². The third-order valence-electron chi connectivity index (χ3n) is 10.4. The summed E-state index contributed by atoms with van der Waals surface area (Å²) in [5.41, 5.74) is 25.0. The summed E-state index contributed by atoms with van der Waals surface area (Å²) in [6.45, 7) is 13.6. The van der Waals surface area contributed by atoms with Gasteiger partial charge in [-0.3, -0.25) is 0 Å². The number of allylic oxidation sites excluding steroid dienone is 2. The van der Waals surface area contributed by atoms with E-state index in [2.05, 4.69) is 77.9 Å². The number of benzene rings is 2. The van der Waals surface area contributed by atoms with Crippen LogP contribution in [0.2, 0.25) is 0 Å². The molecule has 0 spiro atoms. The quantitative estimate of drug-likeness (QED) is 0.0714. The first-order valence-corrected chi connectivity index (χ1v) is 20.6. The average Bonchev–Trinajstić information content (AvgIpc) is 3.34. The third kappa shape index (κ3) is 13.1. The van der Waals surface area contributed by atoms with Crippen molar-refractivity contribution >= 4 is 11.4 Å². The van der Waals surface area contributed by atoms with E-state index in [9.17, 15) is 5.53 Å². The van der Waals surface area contributed by atoms with Gasteiger partial charge in [-0.2, -0.15) is 0 Å². The highest BCUT2D eigenvalue weighted by atomic mass is 15.2. The molecule has 1 heterocycles.